The van der Waals surface area contributed by atoms with E-state index in [1.54, 1.807) is 18.5 Å². The fourth-order valence-corrected chi connectivity index (χ4v) is 5.75. The number of thiophene rings is 1. The highest BCUT2D eigenvalue weighted by atomic mass is 32.2. The van der Waals surface area contributed by atoms with Crippen LogP contribution in [0.5, 0.6) is 5.75 Å². The van der Waals surface area contributed by atoms with Crippen LogP contribution in [0.3, 0.4) is 0 Å². The van der Waals surface area contributed by atoms with E-state index in [1.807, 2.05) is 41.9 Å². The second-order valence-electron chi connectivity index (χ2n) is 7.65. The third-order valence-corrected chi connectivity index (χ3v) is 7.50. The number of sulfonamides is 1. The quantitative estimate of drug-likeness (QED) is 0.522. The normalized spacial score (nSPS) is 15.6. The highest BCUT2D eigenvalue weighted by molar-refractivity contribution is 7.88. The fraction of sp³-hybridized carbons (Fsp3) is 0.304. The van der Waals surface area contributed by atoms with Crippen LogP contribution in [0.15, 0.2) is 53.5 Å². The Bertz CT molecular complexity index is 1220. The number of ether oxygens (including phenoxy) is 1. The van der Waals surface area contributed by atoms with Crippen molar-refractivity contribution in [2.75, 3.05) is 24.3 Å². The topological polar surface area (TPSA) is 86.5 Å². The van der Waals surface area contributed by atoms with Gasteiger partial charge in [0.15, 0.2) is 0 Å². The molecule has 9 heteroatoms. The number of anilines is 2. The summed E-state index contributed by atoms with van der Waals surface area (Å²) < 4.78 is 32.9. The standard InChI is InChI=1S/C23H24N4O3S2/c1-3-26(20-4-7-25-8-5-20)22-11-18(13-24)10-19-12-21(15-30-23(19)22)27(32(2,28)29)14-17-6-9-31-16-17/h4-11,16,21H,3,12,14-15H2,1-2H3. The molecule has 7 nitrogen and oxygen atoms in total. The van der Waals surface area contributed by atoms with Crippen molar-refractivity contribution in [2.45, 2.75) is 25.9 Å². The molecule has 1 aromatic carbocycles. The number of fused-ring (bicyclic) bond motifs is 1. The zero-order valence-corrected chi connectivity index (χ0v) is 19.6. The van der Waals surface area contributed by atoms with Crippen molar-refractivity contribution in [2.24, 2.45) is 0 Å². The summed E-state index contributed by atoms with van der Waals surface area (Å²) >= 11 is 1.54. The van der Waals surface area contributed by atoms with Crippen molar-refractivity contribution in [3.05, 3.63) is 70.2 Å². The van der Waals surface area contributed by atoms with Crippen molar-refractivity contribution < 1.29 is 13.2 Å². The second kappa shape index (κ2) is 9.28. The minimum atomic E-state index is -3.46. The molecule has 4 rings (SSSR count). The van der Waals surface area contributed by atoms with E-state index in [0.29, 0.717) is 30.8 Å². The van der Waals surface area contributed by atoms with Crippen LogP contribution < -0.4 is 9.64 Å². The van der Waals surface area contributed by atoms with Crippen LogP contribution in [0.4, 0.5) is 11.4 Å². The number of nitriles is 1. The molecule has 0 saturated carbocycles. The molecule has 1 atom stereocenters. The Morgan fingerprint density at radius 1 is 1.28 bits per heavy atom. The minimum Gasteiger partial charge on any atom is -0.489 e. The third-order valence-electron chi connectivity index (χ3n) is 5.48. The predicted octanol–water partition coefficient (Wildman–Crippen LogP) is 3.94. The zero-order chi connectivity index (χ0) is 22.7. The zero-order valence-electron chi connectivity index (χ0n) is 17.9. The number of hydrogen-bond acceptors (Lipinski definition) is 7. The van der Waals surface area contributed by atoms with Gasteiger partial charge in [0.2, 0.25) is 10.0 Å². The van der Waals surface area contributed by atoms with Gasteiger partial charge in [0.1, 0.15) is 12.4 Å². The Labute approximate surface area is 192 Å². The van der Waals surface area contributed by atoms with Crippen molar-refractivity contribution >= 4 is 32.7 Å². The summed E-state index contributed by atoms with van der Waals surface area (Å²) in [5.41, 5.74) is 4.05. The number of benzene rings is 1. The van der Waals surface area contributed by atoms with E-state index in [4.69, 9.17) is 4.74 Å². The minimum absolute atomic E-state index is 0.247. The molecular formula is C23H24N4O3S2. The summed E-state index contributed by atoms with van der Waals surface area (Å²) in [6.45, 7) is 3.25. The van der Waals surface area contributed by atoms with E-state index in [1.165, 1.54) is 21.9 Å². The van der Waals surface area contributed by atoms with Crippen LogP contribution in [0.1, 0.15) is 23.6 Å². The first-order chi connectivity index (χ1) is 15.4. The molecule has 32 heavy (non-hydrogen) atoms. The van der Waals surface area contributed by atoms with Crippen molar-refractivity contribution in [1.29, 1.82) is 5.26 Å². The van der Waals surface area contributed by atoms with E-state index in [-0.39, 0.29) is 12.6 Å². The van der Waals surface area contributed by atoms with Gasteiger partial charge in [-0.25, -0.2) is 8.42 Å². The summed E-state index contributed by atoms with van der Waals surface area (Å²) in [6, 6.07) is 11.3. The maximum absolute atomic E-state index is 12.6. The van der Waals surface area contributed by atoms with Gasteiger partial charge in [-0.1, -0.05) is 0 Å². The first-order valence-electron chi connectivity index (χ1n) is 10.3. The van der Waals surface area contributed by atoms with Crippen LogP contribution >= 0.6 is 11.3 Å². The largest absolute Gasteiger partial charge is 0.489 e. The average molecular weight is 469 g/mol. The van der Waals surface area contributed by atoms with Crippen LogP contribution in [-0.4, -0.2) is 43.2 Å². The van der Waals surface area contributed by atoms with E-state index in [2.05, 4.69) is 16.0 Å². The monoisotopic (exact) mass is 468 g/mol. The SMILES string of the molecule is CCN(c1ccncc1)c1cc(C#N)cc2c1OCC(N(Cc1ccsc1)S(C)(=O)=O)C2. The van der Waals surface area contributed by atoms with E-state index >= 15 is 0 Å². The molecular weight excluding hydrogens is 444 g/mol. The van der Waals surface area contributed by atoms with Crippen molar-refractivity contribution in [3.63, 3.8) is 0 Å². The summed E-state index contributed by atoms with van der Waals surface area (Å²) in [5, 5.41) is 13.5. The third kappa shape index (κ3) is 4.63. The lowest BCUT2D eigenvalue weighted by atomic mass is 9.98. The van der Waals surface area contributed by atoms with Gasteiger partial charge in [-0.3, -0.25) is 4.98 Å². The van der Waals surface area contributed by atoms with Gasteiger partial charge in [0, 0.05) is 31.2 Å². The first kappa shape index (κ1) is 22.3. The molecule has 3 heterocycles. The maximum atomic E-state index is 12.6. The fourth-order valence-electron chi connectivity index (χ4n) is 4.03. The van der Waals surface area contributed by atoms with Gasteiger partial charge >= 0.3 is 0 Å². The van der Waals surface area contributed by atoms with Gasteiger partial charge in [-0.15, -0.1) is 0 Å². The highest BCUT2D eigenvalue weighted by Crippen LogP contribution is 2.41. The molecule has 0 bridgehead atoms. The molecule has 166 valence electrons. The van der Waals surface area contributed by atoms with E-state index in [9.17, 15) is 13.7 Å². The molecule has 0 N–H and O–H groups in total. The van der Waals surface area contributed by atoms with E-state index < -0.39 is 10.0 Å². The molecule has 0 amide bonds. The molecule has 0 aliphatic carbocycles. The van der Waals surface area contributed by atoms with Crippen LogP contribution in [-0.2, 0) is 23.0 Å². The van der Waals surface area contributed by atoms with Gasteiger partial charge in [0.25, 0.3) is 0 Å². The number of aromatic nitrogens is 1. The van der Waals surface area contributed by atoms with Crippen LogP contribution in [0.25, 0.3) is 0 Å². The summed E-state index contributed by atoms with van der Waals surface area (Å²) in [4.78, 5) is 6.16. The lowest BCUT2D eigenvalue weighted by molar-refractivity contribution is 0.180. The Kier molecular flexibility index (Phi) is 6.46. The number of pyridine rings is 1. The molecule has 3 aromatic rings. The second-order valence-corrected chi connectivity index (χ2v) is 10.4. The molecule has 1 aliphatic heterocycles. The predicted molar refractivity (Wildman–Crippen MR) is 126 cm³/mol. The van der Waals surface area contributed by atoms with Gasteiger partial charge in [-0.2, -0.15) is 20.9 Å². The van der Waals surface area contributed by atoms with Gasteiger partial charge in [-0.05, 0) is 65.6 Å². The van der Waals surface area contributed by atoms with E-state index in [0.717, 1.165) is 22.5 Å². The Hall–Kier alpha value is -2.93. The molecule has 1 aliphatic rings. The Morgan fingerprint density at radius 2 is 2.06 bits per heavy atom. The highest BCUT2D eigenvalue weighted by Gasteiger charge is 2.33. The van der Waals surface area contributed by atoms with Crippen LogP contribution in [0.2, 0.25) is 0 Å². The summed E-state index contributed by atoms with van der Waals surface area (Å²) in [6.07, 6.45) is 5.16. The van der Waals surface area contributed by atoms with Gasteiger partial charge < -0.3 is 9.64 Å². The lowest BCUT2D eigenvalue weighted by Crippen LogP contribution is -2.45. The Balaban J connectivity index is 1.71. The average Bonchev–Trinajstić information content (AvgIpc) is 3.31. The molecule has 0 spiro atoms. The smallest absolute Gasteiger partial charge is 0.211 e. The number of hydrogen-bond donors (Lipinski definition) is 0. The summed E-state index contributed by atoms with van der Waals surface area (Å²) in [7, 11) is -3.46. The molecule has 2 aromatic heterocycles. The van der Waals surface area contributed by atoms with Crippen LogP contribution in [0, 0.1) is 11.3 Å². The Morgan fingerprint density at radius 3 is 2.69 bits per heavy atom. The molecule has 0 fully saturated rings. The molecule has 1 unspecified atom stereocenters. The van der Waals surface area contributed by atoms with Gasteiger partial charge in [0.05, 0.1) is 29.6 Å². The molecule has 0 radical (unpaired) electrons. The number of nitrogens with zero attached hydrogens (tertiary/aromatic N) is 4. The molecule has 0 saturated heterocycles. The van der Waals surface area contributed by atoms with Crippen molar-refractivity contribution in [3.8, 4) is 11.8 Å². The lowest BCUT2D eigenvalue weighted by Gasteiger charge is -2.35. The summed E-state index contributed by atoms with van der Waals surface area (Å²) in [5.74, 6) is 0.697. The first-order valence-corrected chi connectivity index (χ1v) is 13.0. The van der Waals surface area contributed by atoms with Crippen molar-refractivity contribution in [1.82, 2.24) is 9.29 Å². The maximum Gasteiger partial charge on any atom is 0.211 e. The number of rotatable bonds is 7.